The van der Waals surface area contributed by atoms with Crippen molar-refractivity contribution in [3.05, 3.63) is 81.1 Å². The van der Waals surface area contributed by atoms with Crippen molar-refractivity contribution >= 4 is 28.4 Å². The molecule has 0 radical (unpaired) electrons. The summed E-state index contributed by atoms with van der Waals surface area (Å²) < 4.78 is 17.3. The van der Waals surface area contributed by atoms with Crippen molar-refractivity contribution in [2.24, 2.45) is 5.92 Å². The Morgan fingerprint density at radius 2 is 1.71 bits per heavy atom. The summed E-state index contributed by atoms with van der Waals surface area (Å²) in [4.78, 5) is 44.1. The Bertz CT molecular complexity index is 1950. The molecule has 0 saturated heterocycles. The number of anilines is 1. The van der Waals surface area contributed by atoms with Crippen LogP contribution in [0.25, 0.3) is 22.0 Å². The summed E-state index contributed by atoms with van der Waals surface area (Å²) in [6.07, 6.45) is 4.66. The summed E-state index contributed by atoms with van der Waals surface area (Å²) in [6, 6.07) is 14.1. The highest BCUT2D eigenvalue weighted by Crippen LogP contribution is 2.50. The molecule has 49 heavy (non-hydrogen) atoms. The van der Waals surface area contributed by atoms with Crippen LogP contribution in [-0.2, 0) is 22.4 Å². The predicted octanol–water partition coefficient (Wildman–Crippen LogP) is 6.36. The van der Waals surface area contributed by atoms with Crippen LogP contribution in [0.2, 0.25) is 0 Å². The number of aryl methyl sites for hydroxylation is 2. The lowest BCUT2D eigenvalue weighted by atomic mass is 9.90. The molecule has 258 valence electrons. The predicted molar refractivity (Wildman–Crippen MR) is 192 cm³/mol. The van der Waals surface area contributed by atoms with Crippen LogP contribution in [-0.4, -0.2) is 44.2 Å². The van der Waals surface area contributed by atoms with Gasteiger partial charge >= 0.3 is 0 Å². The number of hydrogen-bond acceptors (Lipinski definition) is 7. The summed E-state index contributed by atoms with van der Waals surface area (Å²) in [7, 11) is 4.70. The first-order valence-corrected chi connectivity index (χ1v) is 17.1. The minimum atomic E-state index is -0.660. The van der Waals surface area contributed by atoms with Gasteiger partial charge in [-0.05, 0) is 84.5 Å². The van der Waals surface area contributed by atoms with Gasteiger partial charge in [0.15, 0.2) is 11.5 Å². The maximum absolute atomic E-state index is 14.1. The van der Waals surface area contributed by atoms with Gasteiger partial charge in [0.05, 0.1) is 39.1 Å². The van der Waals surface area contributed by atoms with Crippen LogP contribution in [0.15, 0.2) is 53.3 Å². The Morgan fingerprint density at radius 3 is 2.43 bits per heavy atom. The molecule has 4 atom stereocenters. The maximum Gasteiger partial charge on any atom is 0.243 e. The third-order valence-electron chi connectivity index (χ3n) is 10.2. The summed E-state index contributed by atoms with van der Waals surface area (Å²) in [6.45, 7) is 5.53. The zero-order chi connectivity index (χ0) is 34.8. The molecule has 0 saturated carbocycles. The van der Waals surface area contributed by atoms with Crippen molar-refractivity contribution in [1.82, 2.24) is 15.6 Å². The Labute approximate surface area is 286 Å². The van der Waals surface area contributed by atoms with Gasteiger partial charge < -0.3 is 35.1 Å². The molecular formula is C39H46N4O6. The fourth-order valence-electron chi connectivity index (χ4n) is 7.52. The number of aromatic amines is 1. The SMILES string of the molecule is CCC(C)C(Nc1ccc2c(cc1=O)C(NC(C)=O)CCc1cc(OC)c(OC)c(OC)c1-2)C(=O)NC1CCCc2c1[nH]c1ccccc21. The first-order chi connectivity index (χ1) is 23.7. The third-order valence-corrected chi connectivity index (χ3v) is 10.2. The van der Waals surface area contributed by atoms with Gasteiger partial charge in [-0.2, -0.15) is 0 Å². The number of methoxy groups -OCH3 is 3. The molecule has 2 amide bonds. The Kier molecular flexibility index (Phi) is 9.85. The number of benzene rings is 2. The topological polar surface area (TPSA) is 131 Å². The van der Waals surface area contributed by atoms with E-state index in [1.165, 1.54) is 17.9 Å². The molecule has 4 aromatic rings. The van der Waals surface area contributed by atoms with Gasteiger partial charge in [-0.25, -0.2) is 0 Å². The molecule has 0 spiro atoms. The molecule has 4 N–H and O–H groups in total. The van der Waals surface area contributed by atoms with Gasteiger partial charge in [-0.3, -0.25) is 14.4 Å². The monoisotopic (exact) mass is 666 g/mol. The Hall–Kier alpha value is -4.99. The van der Waals surface area contributed by atoms with Crippen LogP contribution in [0.5, 0.6) is 17.2 Å². The number of para-hydroxylation sites is 1. The van der Waals surface area contributed by atoms with Crippen LogP contribution in [0, 0.1) is 5.92 Å². The van der Waals surface area contributed by atoms with Crippen LogP contribution in [0.4, 0.5) is 5.69 Å². The Balaban J connectivity index is 1.40. The lowest BCUT2D eigenvalue weighted by Gasteiger charge is -2.29. The number of hydrogen-bond donors (Lipinski definition) is 4. The summed E-state index contributed by atoms with van der Waals surface area (Å²) >= 11 is 0. The van der Waals surface area contributed by atoms with Gasteiger partial charge in [0.25, 0.3) is 0 Å². The van der Waals surface area contributed by atoms with E-state index in [9.17, 15) is 14.4 Å². The minimum absolute atomic E-state index is 0.0711. The maximum atomic E-state index is 14.1. The molecule has 1 aromatic heterocycles. The first kappa shape index (κ1) is 33.9. The lowest BCUT2D eigenvalue weighted by Crippen LogP contribution is -2.46. The van der Waals surface area contributed by atoms with E-state index in [0.717, 1.165) is 53.6 Å². The number of amides is 2. The second-order valence-electron chi connectivity index (χ2n) is 13.1. The smallest absolute Gasteiger partial charge is 0.243 e. The quantitative estimate of drug-likeness (QED) is 0.155. The highest BCUT2D eigenvalue weighted by molar-refractivity contribution is 5.88. The fourth-order valence-corrected chi connectivity index (χ4v) is 7.52. The third kappa shape index (κ3) is 6.44. The van der Waals surface area contributed by atoms with E-state index in [1.54, 1.807) is 33.5 Å². The second kappa shape index (κ2) is 14.2. The van der Waals surface area contributed by atoms with Crippen molar-refractivity contribution in [3.8, 4) is 28.4 Å². The van der Waals surface area contributed by atoms with Crippen molar-refractivity contribution in [3.63, 3.8) is 0 Å². The van der Waals surface area contributed by atoms with E-state index in [2.05, 4.69) is 33.1 Å². The molecule has 1 heterocycles. The first-order valence-electron chi connectivity index (χ1n) is 17.1. The van der Waals surface area contributed by atoms with Gasteiger partial charge in [0, 0.05) is 29.1 Å². The van der Waals surface area contributed by atoms with Gasteiger partial charge in [-0.1, -0.05) is 44.5 Å². The molecule has 10 nitrogen and oxygen atoms in total. The highest BCUT2D eigenvalue weighted by atomic mass is 16.5. The van der Waals surface area contributed by atoms with Crippen molar-refractivity contribution in [1.29, 1.82) is 0 Å². The zero-order valence-corrected chi connectivity index (χ0v) is 29.1. The number of nitrogens with one attached hydrogen (secondary N) is 4. The van der Waals surface area contributed by atoms with Crippen LogP contribution < -0.4 is 35.6 Å². The van der Waals surface area contributed by atoms with Gasteiger partial charge in [-0.15, -0.1) is 0 Å². The normalized spacial score (nSPS) is 17.8. The van der Waals surface area contributed by atoms with E-state index < -0.39 is 12.1 Å². The number of carbonyl (C=O) groups excluding carboxylic acids is 2. The lowest BCUT2D eigenvalue weighted by molar-refractivity contribution is -0.123. The van der Waals surface area contributed by atoms with Crippen molar-refractivity contribution in [2.75, 3.05) is 26.6 Å². The van der Waals surface area contributed by atoms with Crippen molar-refractivity contribution < 1.29 is 23.8 Å². The van der Waals surface area contributed by atoms with Gasteiger partial charge in [0.1, 0.15) is 6.04 Å². The fraction of sp³-hybridized carbons (Fsp3) is 0.410. The molecule has 3 aromatic carbocycles. The number of aromatic nitrogens is 1. The zero-order valence-electron chi connectivity index (χ0n) is 29.1. The van der Waals surface area contributed by atoms with E-state index in [-0.39, 0.29) is 29.2 Å². The van der Waals surface area contributed by atoms with E-state index >= 15 is 0 Å². The Morgan fingerprint density at radius 1 is 0.939 bits per heavy atom. The van der Waals surface area contributed by atoms with E-state index in [4.69, 9.17) is 14.2 Å². The standard InChI is InChI=1S/C39H46N4O6/c1-7-21(2)35(39(46)43-31-14-10-12-26-24-11-8-9-13-28(24)41-36(26)31)42-30-18-16-25-27(20-32(30)45)29(40-22(3)44)17-15-23-19-33(47-4)37(48-5)38(49-6)34(23)25/h8-9,11,13,16,18-21,29,31,35,41H,7,10,12,14-15,17H2,1-6H3,(H,40,44)(H,42,45)(H,43,46). The average Bonchev–Trinajstić information content (AvgIpc) is 3.33. The van der Waals surface area contributed by atoms with Gasteiger partial charge in [0.2, 0.25) is 23.0 Å². The molecule has 0 aliphatic heterocycles. The number of fused-ring (bicyclic) bond motifs is 6. The van der Waals surface area contributed by atoms with Crippen LogP contribution in [0.1, 0.15) is 80.9 Å². The summed E-state index contributed by atoms with van der Waals surface area (Å²) in [5, 5.41) is 10.9. The number of ether oxygens (including phenoxy) is 3. The molecule has 2 aliphatic carbocycles. The molecule has 4 unspecified atom stereocenters. The van der Waals surface area contributed by atoms with Crippen LogP contribution in [0.3, 0.4) is 0 Å². The molecular weight excluding hydrogens is 620 g/mol. The highest BCUT2D eigenvalue weighted by Gasteiger charge is 2.32. The molecule has 0 bridgehead atoms. The van der Waals surface area contributed by atoms with E-state index in [0.29, 0.717) is 41.3 Å². The number of rotatable bonds is 10. The van der Waals surface area contributed by atoms with E-state index in [1.807, 2.05) is 38.1 Å². The molecule has 2 aliphatic rings. The molecule has 10 heteroatoms. The number of H-pyrrole nitrogens is 1. The average molecular weight is 667 g/mol. The van der Waals surface area contributed by atoms with Crippen LogP contribution >= 0.6 is 0 Å². The number of carbonyl (C=O) groups is 2. The molecule has 0 fully saturated rings. The molecule has 6 rings (SSSR count). The second-order valence-corrected chi connectivity index (χ2v) is 13.1. The van der Waals surface area contributed by atoms with Crippen molar-refractivity contribution in [2.45, 2.75) is 77.4 Å². The minimum Gasteiger partial charge on any atom is -0.493 e. The summed E-state index contributed by atoms with van der Waals surface area (Å²) in [5.74, 6) is 1.03. The largest absolute Gasteiger partial charge is 0.493 e. The summed E-state index contributed by atoms with van der Waals surface area (Å²) in [5.41, 5.74) is 6.52.